The van der Waals surface area contributed by atoms with E-state index in [2.05, 4.69) is 18.8 Å². The van der Waals surface area contributed by atoms with E-state index in [1.807, 2.05) is 24.3 Å². The zero-order valence-corrected chi connectivity index (χ0v) is 20.7. The first-order valence-corrected chi connectivity index (χ1v) is 12.2. The van der Waals surface area contributed by atoms with Gasteiger partial charge in [0.1, 0.15) is 17.3 Å². The maximum atomic E-state index is 13.8. The molecular formula is C28H23FN2O4S. The fraction of sp³-hybridized carbons (Fsp3) is 0.179. The molecule has 0 saturated carbocycles. The average Bonchev–Trinajstić information content (AvgIpc) is 3.41. The largest absolute Gasteiger partial charge is 0.507 e. The van der Waals surface area contributed by atoms with Crippen molar-refractivity contribution in [1.29, 1.82) is 0 Å². The van der Waals surface area contributed by atoms with Gasteiger partial charge in [0.25, 0.3) is 5.78 Å². The molecule has 36 heavy (non-hydrogen) atoms. The van der Waals surface area contributed by atoms with E-state index < -0.39 is 23.5 Å². The number of Topliss-reactive ketones (excluding diaryl/α,β-unsaturated/α-hetero) is 1. The number of methoxy groups -OCH3 is 1. The number of aliphatic hydroxyl groups excluding tert-OH is 1. The van der Waals surface area contributed by atoms with Crippen molar-refractivity contribution in [3.05, 3.63) is 94.8 Å². The molecule has 3 aromatic carbocycles. The van der Waals surface area contributed by atoms with E-state index in [-0.39, 0.29) is 16.5 Å². The predicted octanol–water partition coefficient (Wildman–Crippen LogP) is 6.19. The zero-order chi connectivity index (χ0) is 25.6. The number of thiazole rings is 1. The summed E-state index contributed by atoms with van der Waals surface area (Å²) < 4.78 is 19.5. The van der Waals surface area contributed by atoms with E-state index >= 15 is 0 Å². The molecular weight excluding hydrogens is 479 g/mol. The van der Waals surface area contributed by atoms with Gasteiger partial charge in [-0.15, -0.1) is 0 Å². The number of carbonyl (C=O) groups excluding carboxylic acids is 2. The van der Waals surface area contributed by atoms with Crippen LogP contribution in [0.4, 0.5) is 9.52 Å². The van der Waals surface area contributed by atoms with Gasteiger partial charge in [-0.25, -0.2) is 9.37 Å². The lowest BCUT2D eigenvalue weighted by molar-refractivity contribution is -0.132. The van der Waals surface area contributed by atoms with Crippen LogP contribution in [0.3, 0.4) is 0 Å². The third-order valence-electron chi connectivity index (χ3n) is 6.27. The van der Waals surface area contributed by atoms with Crippen LogP contribution in [-0.4, -0.2) is 28.9 Å². The van der Waals surface area contributed by atoms with E-state index in [1.165, 1.54) is 30.2 Å². The Hall–Kier alpha value is -4.04. The SMILES string of the molecule is COc1ccc(C(O)=C2C(=O)C(=O)N(c3nc4ccc(F)cc4s3)[C@H]2c2ccc(C(C)C)cc2)cc1. The van der Waals surface area contributed by atoms with Crippen molar-refractivity contribution in [2.75, 3.05) is 12.0 Å². The Morgan fingerprint density at radius 1 is 1.06 bits per heavy atom. The number of ketones is 1. The molecule has 1 saturated heterocycles. The molecule has 8 heteroatoms. The fourth-order valence-electron chi connectivity index (χ4n) is 4.30. The molecule has 5 rings (SSSR count). The van der Waals surface area contributed by atoms with Crippen LogP contribution >= 0.6 is 11.3 Å². The van der Waals surface area contributed by atoms with E-state index in [9.17, 15) is 19.1 Å². The van der Waals surface area contributed by atoms with Gasteiger partial charge in [-0.05, 0) is 59.5 Å². The number of nitrogens with zero attached hydrogens (tertiary/aromatic N) is 2. The van der Waals surface area contributed by atoms with Crippen LogP contribution in [-0.2, 0) is 9.59 Å². The molecule has 1 atom stereocenters. The number of aliphatic hydroxyl groups is 1. The smallest absolute Gasteiger partial charge is 0.301 e. The highest BCUT2D eigenvalue weighted by molar-refractivity contribution is 7.22. The first-order valence-electron chi connectivity index (χ1n) is 11.4. The number of halogens is 1. The van der Waals surface area contributed by atoms with Crippen LogP contribution in [0.1, 0.15) is 42.5 Å². The zero-order valence-electron chi connectivity index (χ0n) is 19.9. The number of fused-ring (bicyclic) bond motifs is 1. The number of hydrogen-bond acceptors (Lipinski definition) is 6. The predicted molar refractivity (Wildman–Crippen MR) is 138 cm³/mol. The third kappa shape index (κ3) is 4.03. The molecule has 1 aliphatic heterocycles. The Bertz CT molecular complexity index is 1510. The van der Waals surface area contributed by atoms with Crippen LogP contribution < -0.4 is 9.64 Å². The van der Waals surface area contributed by atoms with Gasteiger partial charge in [0.05, 0.1) is 28.9 Å². The lowest BCUT2D eigenvalue weighted by atomic mass is 9.93. The molecule has 1 aliphatic rings. The Labute approximate surface area is 211 Å². The Morgan fingerprint density at radius 2 is 1.75 bits per heavy atom. The normalized spacial score (nSPS) is 17.4. The minimum absolute atomic E-state index is 0.0344. The van der Waals surface area contributed by atoms with Gasteiger partial charge in [-0.1, -0.05) is 49.4 Å². The number of hydrogen-bond donors (Lipinski definition) is 1. The molecule has 0 radical (unpaired) electrons. The minimum Gasteiger partial charge on any atom is -0.507 e. The van der Waals surface area contributed by atoms with Crippen molar-refractivity contribution in [1.82, 2.24) is 4.98 Å². The van der Waals surface area contributed by atoms with E-state index in [1.54, 1.807) is 24.3 Å². The second kappa shape index (κ2) is 9.20. The molecule has 182 valence electrons. The van der Waals surface area contributed by atoms with Crippen LogP contribution in [0.5, 0.6) is 5.75 Å². The quantitative estimate of drug-likeness (QED) is 0.200. The summed E-state index contributed by atoms with van der Waals surface area (Å²) in [4.78, 5) is 32.5. The number of rotatable bonds is 5. The van der Waals surface area contributed by atoms with Crippen molar-refractivity contribution in [2.24, 2.45) is 0 Å². The fourth-order valence-corrected chi connectivity index (χ4v) is 5.32. The molecule has 0 bridgehead atoms. The summed E-state index contributed by atoms with van der Waals surface area (Å²) >= 11 is 1.12. The molecule has 0 unspecified atom stereocenters. The summed E-state index contributed by atoms with van der Waals surface area (Å²) in [5.74, 6) is -1.43. The van der Waals surface area contributed by atoms with Crippen molar-refractivity contribution in [3.63, 3.8) is 0 Å². The summed E-state index contributed by atoms with van der Waals surface area (Å²) in [5, 5.41) is 11.5. The Morgan fingerprint density at radius 3 is 2.39 bits per heavy atom. The highest BCUT2D eigenvalue weighted by Gasteiger charge is 2.48. The number of amides is 1. The van der Waals surface area contributed by atoms with Crippen LogP contribution in [0.2, 0.25) is 0 Å². The van der Waals surface area contributed by atoms with Crippen molar-refractivity contribution < 1.29 is 23.8 Å². The first-order chi connectivity index (χ1) is 17.3. The lowest BCUT2D eigenvalue weighted by Gasteiger charge is -2.23. The number of aromatic nitrogens is 1. The molecule has 1 aromatic heterocycles. The van der Waals surface area contributed by atoms with Crippen molar-refractivity contribution >= 4 is 44.1 Å². The molecule has 4 aromatic rings. The summed E-state index contributed by atoms with van der Waals surface area (Å²) in [6.07, 6.45) is 0. The molecule has 1 fully saturated rings. The Kier molecular flexibility index (Phi) is 6.05. The standard InChI is InChI=1S/C28H23FN2O4S/c1-15(2)16-4-6-17(7-5-16)24-23(25(32)18-8-11-20(35-3)12-9-18)26(33)27(34)31(24)28-30-21-13-10-19(29)14-22(21)36-28/h4-15,24,32H,1-3H3/t24-/m0/s1. The molecule has 1 N–H and O–H groups in total. The highest BCUT2D eigenvalue weighted by atomic mass is 32.1. The first kappa shape index (κ1) is 23.7. The number of carbonyl (C=O) groups is 2. The maximum Gasteiger partial charge on any atom is 0.301 e. The van der Waals surface area contributed by atoms with Gasteiger partial charge in [-0.2, -0.15) is 0 Å². The lowest BCUT2D eigenvalue weighted by Crippen LogP contribution is -2.29. The van der Waals surface area contributed by atoms with Gasteiger partial charge in [0, 0.05) is 5.56 Å². The van der Waals surface area contributed by atoms with Gasteiger partial charge in [0.2, 0.25) is 0 Å². The summed E-state index contributed by atoms with van der Waals surface area (Å²) in [5.41, 5.74) is 2.61. The van der Waals surface area contributed by atoms with Crippen LogP contribution in [0, 0.1) is 5.82 Å². The summed E-state index contributed by atoms with van der Waals surface area (Å²) in [6.45, 7) is 4.15. The molecule has 2 heterocycles. The number of benzene rings is 3. The van der Waals surface area contributed by atoms with Gasteiger partial charge in [0.15, 0.2) is 5.13 Å². The average molecular weight is 503 g/mol. The second-order valence-corrected chi connectivity index (χ2v) is 9.84. The van der Waals surface area contributed by atoms with Crippen molar-refractivity contribution in [3.8, 4) is 5.75 Å². The third-order valence-corrected chi connectivity index (χ3v) is 7.29. The molecule has 6 nitrogen and oxygen atoms in total. The monoisotopic (exact) mass is 502 g/mol. The molecule has 0 spiro atoms. The Balaban J connectivity index is 1.70. The second-order valence-electron chi connectivity index (χ2n) is 8.83. The summed E-state index contributed by atoms with van der Waals surface area (Å²) in [7, 11) is 1.53. The van der Waals surface area contributed by atoms with Crippen molar-refractivity contribution in [2.45, 2.75) is 25.8 Å². The van der Waals surface area contributed by atoms with E-state index in [0.29, 0.717) is 33.0 Å². The van der Waals surface area contributed by atoms with Gasteiger partial charge >= 0.3 is 5.91 Å². The van der Waals surface area contributed by atoms with E-state index in [0.717, 1.165) is 16.9 Å². The van der Waals surface area contributed by atoms with Gasteiger partial charge < -0.3 is 9.84 Å². The number of anilines is 1. The maximum absolute atomic E-state index is 13.8. The number of ether oxygens (including phenoxy) is 1. The van der Waals surface area contributed by atoms with Gasteiger partial charge in [-0.3, -0.25) is 14.5 Å². The van der Waals surface area contributed by atoms with Crippen LogP contribution in [0.25, 0.3) is 16.0 Å². The van der Waals surface area contributed by atoms with E-state index in [4.69, 9.17) is 4.74 Å². The highest BCUT2D eigenvalue weighted by Crippen LogP contribution is 2.44. The molecule has 1 amide bonds. The summed E-state index contributed by atoms with van der Waals surface area (Å²) in [6, 6.07) is 17.5. The topological polar surface area (TPSA) is 79.7 Å². The minimum atomic E-state index is -0.904. The van der Waals surface area contributed by atoms with Crippen LogP contribution in [0.15, 0.2) is 72.3 Å². The molecule has 0 aliphatic carbocycles.